The molecule has 0 aliphatic carbocycles. The summed E-state index contributed by atoms with van der Waals surface area (Å²) in [6.45, 7) is 1.90. The van der Waals surface area contributed by atoms with E-state index >= 15 is 0 Å². The first-order valence-corrected chi connectivity index (χ1v) is 6.55. The number of likely N-dealkylation sites (N-methyl/N-ethyl adjacent to an activating group) is 1. The van der Waals surface area contributed by atoms with Gasteiger partial charge in [0.1, 0.15) is 11.6 Å². The van der Waals surface area contributed by atoms with Gasteiger partial charge in [-0.25, -0.2) is 4.39 Å². The molecule has 1 heterocycles. The standard InChI is InChI=1S/C14H15BrFNO/c1-9-5-11(8-18-9)14(17-2)6-10-3-4-12(15)7-13(10)16/h3-5,7-8,14,17H,6H2,1-2H3. The zero-order valence-electron chi connectivity index (χ0n) is 10.3. The molecule has 0 aliphatic rings. The van der Waals surface area contributed by atoms with E-state index < -0.39 is 0 Å². The summed E-state index contributed by atoms with van der Waals surface area (Å²) in [7, 11) is 1.86. The van der Waals surface area contributed by atoms with Crippen molar-refractivity contribution in [2.24, 2.45) is 0 Å². The number of furan rings is 1. The van der Waals surface area contributed by atoms with Crippen molar-refractivity contribution >= 4 is 15.9 Å². The average molecular weight is 312 g/mol. The van der Waals surface area contributed by atoms with Crippen LogP contribution in [0.2, 0.25) is 0 Å². The van der Waals surface area contributed by atoms with E-state index in [-0.39, 0.29) is 11.9 Å². The van der Waals surface area contributed by atoms with Crippen LogP contribution < -0.4 is 5.32 Å². The minimum absolute atomic E-state index is 0.0538. The van der Waals surface area contributed by atoms with Gasteiger partial charge in [0, 0.05) is 16.1 Å². The lowest BCUT2D eigenvalue weighted by Crippen LogP contribution is -2.18. The van der Waals surface area contributed by atoms with Gasteiger partial charge in [-0.2, -0.15) is 0 Å². The Labute approximate surface area is 114 Å². The molecule has 0 amide bonds. The predicted octanol–water partition coefficient (Wildman–Crippen LogP) is 3.99. The molecule has 1 N–H and O–H groups in total. The lowest BCUT2D eigenvalue weighted by molar-refractivity contribution is 0.515. The quantitative estimate of drug-likeness (QED) is 0.923. The summed E-state index contributed by atoms with van der Waals surface area (Å²) < 4.78 is 19.8. The van der Waals surface area contributed by atoms with Crippen molar-refractivity contribution in [3.8, 4) is 0 Å². The average Bonchev–Trinajstić information content (AvgIpc) is 2.75. The lowest BCUT2D eigenvalue weighted by Gasteiger charge is -2.15. The molecule has 0 spiro atoms. The molecular weight excluding hydrogens is 297 g/mol. The monoisotopic (exact) mass is 311 g/mol. The van der Waals surface area contributed by atoms with Crippen LogP contribution in [0, 0.1) is 12.7 Å². The van der Waals surface area contributed by atoms with Gasteiger partial charge in [-0.15, -0.1) is 0 Å². The summed E-state index contributed by atoms with van der Waals surface area (Å²) in [5.41, 5.74) is 1.73. The Hall–Kier alpha value is -1.13. The molecule has 2 aromatic rings. The zero-order valence-corrected chi connectivity index (χ0v) is 11.9. The number of hydrogen-bond acceptors (Lipinski definition) is 2. The van der Waals surface area contributed by atoms with Crippen molar-refractivity contribution in [3.05, 3.63) is 57.7 Å². The molecular formula is C14H15BrFNO. The van der Waals surface area contributed by atoms with Gasteiger partial charge in [0.2, 0.25) is 0 Å². The summed E-state index contributed by atoms with van der Waals surface area (Å²) in [5.74, 6) is 0.673. The maximum absolute atomic E-state index is 13.8. The Kier molecular flexibility index (Phi) is 4.19. The second-order valence-electron chi connectivity index (χ2n) is 4.27. The molecule has 96 valence electrons. The molecule has 0 fully saturated rings. The van der Waals surface area contributed by atoms with Gasteiger partial charge >= 0.3 is 0 Å². The fourth-order valence-electron chi connectivity index (χ4n) is 1.94. The van der Waals surface area contributed by atoms with Crippen molar-refractivity contribution in [1.82, 2.24) is 5.32 Å². The Balaban J connectivity index is 2.20. The SMILES string of the molecule is CNC(Cc1ccc(Br)cc1F)c1coc(C)c1. The van der Waals surface area contributed by atoms with Crippen LogP contribution in [0.5, 0.6) is 0 Å². The van der Waals surface area contributed by atoms with Gasteiger partial charge in [0.15, 0.2) is 0 Å². The van der Waals surface area contributed by atoms with Crippen molar-refractivity contribution in [1.29, 1.82) is 0 Å². The molecule has 1 aromatic heterocycles. The van der Waals surface area contributed by atoms with Crippen molar-refractivity contribution in [3.63, 3.8) is 0 Å². The Morgan fingerprint density at radius 2 is 2.17 bits per heavy atom. The van der Waals surface area contributed by atoms with Crippen molar-refractivity contribution in [2.75, 3.05) is 7.05 Å². The second kappa shape index (κ2) is 5.67. The molecule has 0 aliphatic heterocycles. The van der Waals surface area contributed by atoms with E-state index in [1.165, 1.54) is 6.07 Å². The van der Waals surface area contributed by atoms with Crippen LogP contribution >= 0.6 is 15.9 Å². The molecule has 1 unspecified atom stereocenters. The Morgan fingerprint density at radius 1 is 1.39 bits per heavy atom. The highest BCUT2D eigenvalue weighted by Gasteiger charge is 2.14. The van der Waals surface area contributed by atoms with Crippen LogP contribution in [0.25, 0.3) is 0 Å². The first-order valence-electron chi connectivity index (χ1n) is 5.76. The minimum Gasteiger partial charge on any atom is -0.469 e. The fraction of sp³-hybridized carbons (Fsp3) is 0.286. The molecule has 0 bridgehead atoms. The topological polar surface area (TPSA) is 25.2 Å². The van der Waals surface area contributed by atoms with Gasteiger partial charge in [0.25, 0.3) is 0 Å². The van der Waals surface area contributed by atoms with E-state index in [1.807, 2.05) is 26.1 Å². The summed E-state index contributed by atoms with van der Waals surface area (Å²) in [6, 6.07) is 7.17. The minimum atomic E-state index is -0.190. The fourth-order valence-corrected chi connectivity index (χ4v) is 2.27. The van der Waals surface area contributed by atoms with Gasteiger partial charge in [0.05, 0.1) is 6.26 Å². The molecule has 1 aromatic carbocycles. The van der Waals surface area contributed by atoms with Gasteiger partial charge in [-0.1, -0.05) is 22.0 Å². The number of rotatable bonds is 4. The third-order valence-corrected chi connectivity index (χ3v) is 3.43. The van der Waals surface area contributed by atoms with E-state index in [9.17, 15) is 4.39 Å². The molecule has 2 rings (SSSR count). The molecule has 0 saturated heterocycles. The molecule has 0 radical (unpaired) electrons. The maximum Gasteiger partial charge on any atom is 0.127 e. The van der Waals surface area contributed by atoms with Crippen molar-refractivity contribution < 1.29 is 8.81 Å². The number of halogens is 2. The first-order chi connectivity index (χ1) is 8.60. The predicted molar refractivity (Wildman–Crippen MR) is 73.0 cm³/mol. The zero-order chi connectivity index (χ0) is 13.1. The maximum atomic E-state index is 13.8. The number of hydrogen-bond donors (Lipinski definition) is 1. The van der Waals surface area contributed by atoms with Gasteiger partial charge < -0.3 is 9.73 Å². The van der Waals surface area contributed by atoms with E-state index in [4.69, 9.17) is 4.42 Å². The van der Waals surface area contributed by atoms with E-state index in [2.05, 4.69) is 21.2 Å². The summed E-state index contributed by atoms with van der Waals surface area (Å²) in [6.07, 6.45) is 2.31. The smallest absolute Gasteiger partial charge is 0.127 e. The summed E-state index contributed by atoms with van der Waals surface area (Å²) in [4.78, 5) is 0. The van der Waals surface area contributed by atoms with Crippen LogP contribution in [0.1, 0.15) is 22.9 Å². The Bertz CT molecular complexity index is 538. The normalized spacial score (nSPS) is 12.7. The van der Waals surface area contributed by atoms with Crippen LogP contribution in [-0.4, -0.2) is 7.05 Å². The van der Waals surface area contributed by atoms with E-state index in [0.29, 0.717) is 12.0 Å². The van der Waals surface area contributed by atoms with Crippen LogP contribution in [0.15, 0.2) is 39.4 Å². The number of benzene rings is 1. The lowest BCUT2D eigenvalue weighted by atomic mass is 10.0. The molecule has 0 saturated carbocycles. The highest BCUT2D eigenvalue weighted by Crippen LogP contribution is 2.23. The molecule has 1 atom stereocenters. The molecule has 4 heteroatoms. The molecule has 18 heavy (non-hydrogen) atoms. The van der Waals surface area contributed by atoms with Crippen LogP contribution in [0.4, 0.5) is 4.39 Å². The third kappa shape index (κ3) is 3.00. The van der Waals surface area contributed by atoms with Gasteiger partial charge in [-0.05, 0) is 44.2 Å². The molecule has 2 nitrogen and oxygen atoms in total. The second-order valence-corrected chi connectivity index (χ2v) is 5.19. The van der Waals surface area contributed by atoms with E-state index in [1.54, 1.807) is 12.3 Å². The first kappa shape index (κ1) is 13.3. The number of nitrogens with one attached hydrogen (secondary N) is 1. The summed E-state index contributed by atoms with van der Waals surface area (Å²) in [5, 5.41) is 3.18. The highest BCUT2D eigenvalue weighted by molar-refractivity contribution is 9.10. The van der Waals surface area contributed by atoms with E-state index in [0.717, 1.165) is 15.8 Å². The number of aryl methyl sites for hydroxylation is 1. The van der Waals surface area contributed by atoms with Gasteiger partial charge in [-0.3, -0.25) is 0 Å². The van der Waals surface area contributed by atoms with Crippen LogP contribution in [-0.2, 0) is 6.42 Å². The third-order valence-electron chi connectivity index (χ3n) is 2.94. The summed E-state index contributed by atoms with van der Waals surface area (Å²) >= 11 is 3.26. The van der Waals surface area contributed by atoms with Crippen molar-refractivity contribution in [2.45, 2.75) is 19.4 Å². The van der Waals surface area contributed by atoms with Crippen LogP contribution in [0.3, 0.4) is 0 Å². The largest absolute Gasteiger partial charge is 0.469 e. The highest BCUT2D eigenvalue weighted by atomic mass is 79.9. The Morgan fingerprint density at radius 3 is 2.72 bits per heavy atom.